The minimum Gasteiger partial charge on any atom is -0.480 e. The Balaban J connectivity index is 1.28. The summed E-state index contributed by atoms with van der Waals surface area (Å²) in [5, 5.41) is 17.0. The number of rotatable bonds is 8. The largest absolute Gasteiger partial charge is 0.480 e. The van der Waals surface area contributed by atoms with Crippen LogP contribution in [0.15, 0.2) is 76.5 Å². The highest BCUT2D eigenvalue weighted by Crippen LogP contribution is 2.37. The molecule has 1 amide bonds. The van der Waals surface area contributed by atoms with Crippen molar-refractivity contribution in [2.75, 3.05) is 5.75 Å². The van der Waals surface area contributed by atoms with Crippen LogP contribution in [-0.4, -0.2) is 39.5 Å². The van der Waals surface area contributed by atoms with Crippen LogP contribution in [0, 0.1) is 0 Å². The molecule has 1 unspecified atom stereocenters. The molecular weight excluding hydrogens is 532 g/mol. The standard InChI is InChI=1S/C30H28N2O5S2/c1-30(2,3)37-29(35)32-24(28(33)34)17-38-15-20-16-39-27(31-20)19-9-6-8-18(14-19)21-11-7-12-23-22-10-4-5-13-25(22)36-26(21)23/h4-14,16,24H,15,17H2,1-3H3,(H,32,35)(H,33,34). The number of fused-ring (bicyclic) bond motifs is 3. The summed E-state index contributed by atoms with van der Waals surface area (Å²) in [5.41, 5.74) is 4.94. The number of carbonyl (C=O) groups excluding carboxylic acids is 1. The first-order chi connectivity index (χ1) is 18.7. The zero-order chi connectivity index (χ0) is 27.6. The Morgan fingerprint density at radius 3 is 2.59 bits per heavy atom. The Bertz CT molecular complexity index is 1650. The van der Waals surface area contributed by atoms with Gasteiger partial charge in [0.15, 0.2) is 0 Å². The van der Waals surface area contributed by atoms with Gasteiger partial charge in [-0.2, -0.15) is 11.8 Å². The van der Waals surface area contributed by atoms with Gasteiger partial charge in [0.1, 0.15) is 27.8 Å². The molecule has 5 aromatic rings. The maximum absolute atomic E-state index is 12.0. The van der Waals surface area contributed by atoms with Crippen molar-refractivity contribution in [2.45, 2.75) is 38.2 Å². The summed E-state index contributed by atoms with van der Waals surface area (Å²) in [6.07, 6.45) is -0.746. The number of alkyl carbamates (subject to hydrolysis) is 1. The number of thioether (sulfide) groups is 1. The topological polar surface area (TPSA) is 102 Å². The van der Waals surface area contributed by atoms with E-state index in [4.69, 9.17) is 14.1 Å². The van der Waals surface area contributed by atoms with Crippen LogP contribution in [0.2, 0.25) is 0 Å². The summed E-state index contributed by atoms with van der Waals surface area (Å²) in [7, 11) is 0. The smallest absolute Gasteiger partial charge is 0.408 e. The van der Waals surface area contributed by atoms with Gasteiger partial charge < -0.3 is 19.6 Å². The van der Waals surface area contributed by atoms with Crippen LogP contribution in [0.4, 0.5) is 4.79 Å². The molecule has 7 nitrogen and oxygen atoms in total. The summed E-state index contributed by atoms with van der Waals surface area (Å²) in [4.78, 5) is 28.4. The second-order valence-corrected chi connectivity index (χ2v) is 11.9. The molecule has 0 bridgehead atoms. The Morgan fingerprint density at radius 2 is 1.79 bits per heavy atom. The third-order valence-corrected chi connectivity index (χ3v) is 7.91. The zero-order valence-corrected chi connectivity index (χ0v) is 23.4. The number of amides is 1. The number of carbonyl (C=O) groups is 2. The minimum absolute atomic E-state index is 0.193. The minimum atomic E-state index is -1.11. The van der Waals surface area contributed by atoms with Gasteiger partial charge in [0.2, 0.25) is 0 Å². The van der Waals surface area contributed by atoms with Crippen LogP contribution in [-0.2, 0) is 15.3 Å². The van der Waals surface area contributed by atoms with Crippen molar-refractivity contribution in [1.29, 1.82) is 0 Å². The fourth-order valence-corrected chi connectivity index (χ4v) is 6.06. The van der Waals surface area contributed by atoms with Crippen molar-refractivity contribution >= 4 is 57.1 Å². The predicted octanol–water partition coefficient (Wildman–Crippen LogP) is 7.59. The number of nitrogens with one attached hydrogen (secondary N) is 1. The SMILES string of the molecule is CC(C)(C)OC(=O)NC(CSCc1csc(-c2cccc(-c3cccc4c3oc3ccccc34)c2)n1)C(=O)O. The van der Waals surface area contributed by atoms with Crippen molar-refractivity contribution in [3.63, 3.8) is 0 Å². The van der Waals surface area contributed by atoms with E-state index < -0.39 is 23.7 Å². The highest BCUT2D eigenvalue weighted by molar-refractivity contribution is 7.98. The van der Waals surface area contributed by atoms with E-state index in [1.807, 2.05) is 41.8 Å². The molecule has 0 saturated heterocycles. The molecule has 39 heavy (non-hydrogen) atoms. The number of thiazole rings is 1. The monoisotopic (exact) mass is 560 g/mol. The zero-order valence-electron chi connectivity index (χ0n) is 21.8. The molecule has 9 heteroatoms. The maximum Gasteiger partial charge on any atom is 0.408 e. The second kappa shape index (κ2) is 11.1. The average Bonchev–Trinajstić information content (AvgIpc) is 3.52. The molecule has 2 aromatic heterocycles. The molecule has 2 heterocycles. The lowest BCUT2D eigenvalue weighted by atomic mass is 10.0. The van der Waals surface area contributed by atoms with Crippen molar-refractivity contribution in [1.82, 2.24) is 10.3 Å². The molecule has 0 aliphatic rings. The van der Waals surface area contributed by atoms with Crippen LogP contribution in [0.3, 0.4) is 0 Å². The van der Waals surface area contributed by atoms with Crippen molar-refractivity contribution in [3.8, 4) is 21.7 Å². The first-order valence-electron chi connectivity index (χ1n) is 12.4. The van der Waals surface area contributed by atoms with E-state index in [1.54, 1.807) is 32.1 Å². The summed E-state index contributed by atoms with van der Waals surface area (Å²) in [5.74, 6) is -0.393. The summed E-state index contributed by atoms with van der Waals surface area (Å²) < 4.78 is 11.4. The summed E-state index contributed by atoms with van der Waals surface area (Å²) in [6.45, 7) is 5.18. The highest BCUT2D eigenvalue weighted by atomic mass is 32.2. The number of para-hydroxylation sites is 2. The molecular formula is C30H28N2O5S2. The fraction of sp³-hybridized carbons (Fsp3) is 0.233. The van der Waals surface area contributed by atoms with E-state index in [2.05, 4.69) is 35.6 Å². The number of carboxylic acid groups (broad SMARTS) is 1. The van der Waals surface area contributed by atoms with E-state index >= 15 is 0 Å². The van der Waals surface area contributed by atoms with Gasteiger partial charge in [0, 0.05) is 38.8 Å². The number of furan rings is 1. The van der Waals surface area contributed by atoms with Crippen LogP contribution in [0.1, 0.15) is 26.5 Å². The Labute approximate surface area is 234 Å². The van der Waals surface area contributed by atoms with Crippen LogP contribution in [0.25, 0.3) is 43.6 Å². The van der Waals surface area contributed by atoms with Gasteiger partial charge in [-0.1, -0.05) is 54.6 Å². The molecule has 3 aromatic carbocycles. The van der Waals surface area contributed by atoms with Crippen LogP contribution >= 0.6 is 23.1 Å². The molecule has 0 aliphatic heterocycles. The number of hydrogen-bond acceptors (Lipinski definition) is 7. The maximum atomic E-state index is 12.0. The normalized spacial score (nSPS) is 12.5. The van der Waals surface area contributed by atoms with Gasteiger partial charge in [0.05, 0.1) is 5.69 Å². The molecule has 0 spiro atoms. The molecule has 0 fully saturated rings. The van der Waals surface area contributed by atoms with E-state index in [0.717, 1.165) is 49.3 Å². The van der Waals surface area contributed by atoms with E-state index in [1.165, 1.54) is 11.8 Å². The number of ether oxygens (including phenoxy) is 1. The first-order valence-corrected chi connectivity index (χ1v) is 14.5. The van der Waals surface area contributed by atoms with Crippen molar-refractivity contribution in [3.05, 3.63) is 77.8 Å². The first kappa shape index (κ1) is 26.8. The lowest BCUT2D eigenvalue weighted by Gasteiger charge is -2.21. The van der Waals surface area contributed by atoms with Gasteiger partial charge in [-0.25, -0.2) is 14.6 Å². The molecule has 2 N–H and O–H groups in total. The fourth-order valence-electron chi connectivity index (χ4n) is 4.21. The van der Waals surface area contributed by atoms with Gasteiger partial charge >= 0.3 is 12.1 Å². The van der Waals surface area contributed by atoms with Gasteiger partial charge in [-0.15, -0.1) is 11.3 Å². The third-order valence-electron chi connectivity index (χ3n) is 5.90. The molecule has 200 valence electrons. The average molecular weight is 561 g/mol. The molecule has 0 aliphatic carbocycles. The Kier molecular flexibility index (Phi) is 7.63. The lowest BCUT2D eigenvalue weighted by Crippen LogP contribution is -2.44. The number of aliphatic carboxylic acids is 1. The molecule has 5 rings (SSSR count). The van der Waals surface area contributed by atoms with Crippen LogP contribution in [0.5, 0.6) is 0 Å². The summed E-state index contributed by atoms with van der Waals surface area (Å²) in [6, 6.07) is 21.4. The van der Waals surface area contributed by atoms with Crippen molar-refractivity contribution in [2.24, 2.45) is 0 Å². The third kappa shape index (κ3) is 6.26. The van der Waals surface area contributed by atoms with E-state index in [-0.39, 0.29) is 5.75 Å². The number of nitrogens with zero attached hydrogens (tertiary/aromatic N) is 1. The quantitative estimate of drug-likeness (QED) is 0.202. The van der Waals surface area contributed by atoms with Crippen molar-refractivity contribution < 1.29 is 23.8 Å². The van der Waals surface area contributed by atoms with E-state index in [0.29, 0.717) is 5.75 Å². The number of aromatic nitrogens is 1. The predicted molar refractivity (Wildman–Crippen MR) is 157 cm³/mol. The molecule has 0 radical (unpaired) electrons. The highest BCUT2D eigenvalue weighted by Gasteiger charge is 2.24. The summed E-state index contributed by atoms with van der Waals surface area (Å²) >= 11 is 2.94. The Morgan fingerprint density at radius 1 is 1.05 bits per heavy atom. The molecule has 1 atom stereocenters. The van der Waals surface area contributed by atoms with Crippen LogP contribution < -0.4 is 5.32 Å². The van der Waals surface area contributed by atoms with Gasteiger partial charge in [-0.3, -0.25) is 0 Å². The lowest BCUT2D eigenvalue weighted by molar-refractivity contribution is -0.138. The second-order valence-electron chi connectivity index (χ2n) is 10.1. The van der Waals surface area contributed by atoms with Gasteiger partial charge in [-0.05, 0) is 38.5 Å². The Hall–Kier alpha value is -3.82. The molecule has 0 saturated carbocycles. The number of hydrogen-bond donors (Lipinski definition) is 2. The number of benzene rings is 3. The van der Waals surface area contributed by atoms with E-state index in [9.17, 15) is 14.7 Å². The van der Waals surface area contributed by atoms with Gasteiger partial charge in [0.25, 0.3) is 0 Å². The number of carboxylic acids is 1.